The molecule has 0 saturated heterocycles. The summed E-state index contributed by atoms with van der Waals surface area (Å²) in [6.07, 6.45) is -0.235. The summed E-state index contributed by atoms with van der Waals surface area (Å²) in [6.45, 7) is 8.80. The molecule has 0 fully saturated rings. The van der Waals surface area contributed by atoms with Gasteiger partial charge in [0.2, 0.25) is 0 Å². The molecule has 6 nitrogen and oxygen atoms in total. The molecule has 3 aromatic carbocycles. The number of benzene rings is 3. The number of nitrogens with zero attached hydrogens (tertiary/aromatic N) is 2. The summed E-state index contributed by atoms with van der Waals surface area (Å²) in [4.78, 5) is 29.1. The minimum Gasteiger partial charge on any atom is -0.466 e. The molecule has 1 radical (unpaired) electrons. The number of ketones is 1. The predicted molar refractivity (Wildman–Crippen MR) is 154 cm³/mol. The second kappa shape index (κ2) is 12.6. The number of carbonyl (C=O) groups is 2. The second-order valence-electron chi connectivity index (χ2n) is 9.92. The van der Waals surface area contributed by atoms with Gasteiger partial charge in [-0.05, 0) is 40.4 Å². The van der Waals surface area contributed by atoms with E-state index in [2.05, 4.69) is 63.2 Å². The maximum absolute atomic E-state index is 12.5. The fourth-order valence-corrected chi connectivity index (χ4v) is 6.80. The average molecular weight is 546 g/mol. The molecule has 0 saturated carbocycles. The van der Waals surface area contributed by atoms with E-state index in [1.54, 1.807) is 6.92 Å². The van der Waals surface area contributed by atoms with Crippen molar-refractivity contribution >= 4 is 54.0 Å². The van der Waals surface area contributed by atoms with E-state index in [9.17, 15) is 9.59 Å². The Morgan fingerprint density at radius 2 is 1.58 bits per heavy atom. The number of hydrogen-bond acceptors (Lipinski definition) is 6. The zero-order valence-electron chi connectivity index (χ0n) is 22.3. The number of Topliss-reactive ketones (excluding diaryl/α,β-unsaturated/α-hetero) is 1. The van der Waals surface area contributed by atoms with Gasteiger partial charge in [-0.15, -0.1) is 0 Å². The Balaban J connectivity index is 1.64. The molecule has 1 heterocycles. The van der Waals surface area contributed by atoms with Crippen molar-refractivity contribution in [2.75, 3.05) is 12.4 Å². The lowest BCUT2D eigenvalue weighted by Gasteiger charge is -2.19. The van der Waals surface area contributed by atoms with Crippen molar-refractivity contribution in [1.82, 2.24) is 9.55 Å². The molecule has 0 amide bonds. The molecule has 0 spiro atoms. The van der Waals surface area contributed by atoms with Crippen molar-refractivity contribution in [3.05, 3.63) is 84.4 Å². The van der Waals surface area contributed by atoms with Crippen LogP contribution in [0.1, 0.15) is 39.7 Å². The Bertz CT molecular complexity index is 1340. The summed E-state index contributed by atoms with van der Waals surface area (Å²) in [5, 5.41) is 3.00. The summed E-state index contributed by atoms with van der Waals surface area (Å²) in [5.41, 5.74) is 2.97. The fourth-order valence-electron chi connectivity index (χ4n) is 4.02. The van der Waals surface area contributed by atoms with Gasteiger partial charge in [0.15, 0.2) is 10.9 Å². The highest BCUT2D eigenvalue weighted by atomic mass is 32.2. The molecule has 0 N–H and O–H groups in total. The largest absolute Gasteiger partial charge is 0.466 e. The minimum atomic E-state index is -1.53. The van der Waals surface area contributed by atoms with Crippen LogP contribution < -0.4 is 10.4 Å². The zero-order chi connectivity index (χ0) is 27.1. The lowest BCUT2D eigenvalue weighted by Crippen LogP contribution is -2.45. The third-order valence-corrected chi connectivity index (χ3v) is 9.17. The van der Waals surface area contributed by atoms with E-state index in [0.29, 0.717) is 5.16 Å². The molecule has 8 heteroatoms. The monoisotopic (exact) mass is 545 g/mol. The summed E-state index contributed by atoms with van der Waals surface area (Å²) < 4.78 is 13.6. The van der Waals surface area contributed by atoms with Gasteiger partial charge in [-0.25, -0.2) is 4.98 Å². The molecular weight excluding hydrogens is 512 g/mol. The third-order valence-electron chi connectivity index (χ3n) is 6.00. The van der Waals surface area contributed by atoms with Gasteiger partial charge in [0, 0.05) is 0 Å². The number of ether oxygens (including phenoxy) is 1. The van der Waals surface area contributed by atoms with E-state index in [1.807, 2.05) is 41.0 Å². The summed E-state index contributed by atoms with van der Waals surface area (Å²) in [6, 6.07) is 26.9. The lowest BCUT2D eigenvalue weighted by molar-refractivity contribution is -0.145. The first-order chi connectivity index (χ1) is 18.3. The van der Waals surface area contributed by atoms with Crippen LogP contribution in [0.2, 0.25) is 0 Å². The van der Waals surface area contributed by atoms with Gasteiger partial charge in [-0.1, -0.05) is 99.3 Å². The molecule has 4 aromatic rings. The number of rotatable bonds is 11. The van der Waals surface area contributed by atoms with Crippen LogP contribution in [0.5, 0.6) is 0 Å². The van der Waals surface area contributed by atoms with Gasteiger partial charge >= 0.3 is 5.97 Å². The molecule has 0 aliphatic rings. The fraction of sp³-hybridized carbons (Fsp3) is 0.300. The molecule has 197 valence electrons. The van der Waals surface area contributed by atoms with Crippen LogP contribution in [-0.2, 0) is 30.9 Å². The Labute approximate surface area is 230 Å². The van der Waals surface area contributed by atoms with Crippen molar-refractivity contribution in [3.8, 4) is 0 Å². The van der Waals surface area contributed by atoms with Crippen LogP contribution >= 0.6 is 11.8 Å². The van der Waals surface area contributed by atoms with Crippen molar-refractivity contribution in [3.63, 3.8) is 0 Å². The maximum Gasteiger partial charge on any atom is 0.313 e. The average Bonchev–Trinajstić information content (AvgIpc) is 3.25. The first-order valence-corrected chi connectivity index (χ1v) is 15.1. The number of carbonyl (C=O) groups excluding carboxylic acids is 2. The summed E-state index contributed by atoms with van der Waals surface area (Å²) >= 11 is 1.32. The predicted octanol–water partition coefficient (Wildman–Crippen LogP) is 4.73. The quantitative estimate of drug-likeness (QED) is 0.118. The molecule has 38 heavy (non-hydrogen) atoms. The molecule has 0 unspecified atom stereocenters. The number of hydrogen-bond donors (Lipinski definition) is 0. The summed E-state index contributed by atoms with van der Waals surface area (Å²) in [7, 11) is -1.53. The Morgan fingerprint density at radius 3 is 2.16 bits per heavy atom. The normalized spacial score (nSPS) is 11.7. The van der Waals surface area contributed by atoms with Gasteiger partial charge in [0.1, 0.15) is 13.2 Å². The van der Waals surface area contributed by atoms with E-state index in [0.717, 1.165) is 21.4 Å². The topological polar surface area (TPSA) is 70.4 Å². The highest BCUT2D eigenvalue weighted by Gasteiger charge is 2.22. The van der Waals surface area contributed by atoms with E-state index in [4.69, 9.17) is 14.1 Å². The molecule has 0 aliphatic heterocycles. The maximum atomic E-state index is 12.5. The third kappa shape index (κ3) is 7.01. The number of esters is 1. The molecular formula is C30H33N2O4SSi. The minimum absolute atomic E-state index is 0.0197. The van der Waals surface area contributed by atoms with Gasteiger partial charge < -0.3 is 9.16 Å². The number of thioether (sulfide) groups is 1. The van der Waals surface area contributed by atoms with Crippen LogP contribution in [0.25, 0.3) is 11.0 Å². The van der Waals surface area contributed by atoms with E-state index < -0.39 is 15.0 Å². The lowest BCUT2D eigenvalue weighted by atomic mass is 9.87. The Kier molecular flexibility index (Phi) is 9.20. The molecule has 0 bridgehead atoms. The van der Waals surface area contributed by atoms with Gasteiger partial charge in [0.05, 0.1) is 23.4 Å². The number of aromatic nitrogens is 2. The van der Waals surface area contributed by atoms with Gasteiger partial charge in [-0.3, -0.25) is 14.2 Å². The Morgan fingerprint density at radius 1 is 0.947 bits per heavy atom. The SMILES string of the molecule is CCOC(=O)CC(=O)CSc1nc2cc(C(C)(C)C)ccc2n1CO[Si](c1ccccc1)c1ccccc1. The molecule has 4 rings (SSSR count). The standard InChI is InChI=1S/C30H33N2O4SSi/c1-5-35-28(34)19-23(33)20-37-29-31-26-18-22(30(2,3)4)16-17-27(26)32(29)21-36-38(24-12-8-6-9-13-24)25-14-10-7-11-15-25/h6-18H,5,19-21H2,1-4H3. The zero-order valence-corrected chi connectivity index (χ0v) is 24.1. The van der Waals surface area contributed by atoms with Crippen molar-refractivity contribution in [2.24, 2.45) is 0 Å². The van der Waals surface area contributed by atoms with Crippen molar-refractivity contribution < 1.29 is 18.8 Å². The van der Waals surface area contributed by atoms with Crippen LogP contribution in [-0.4, -0.2) is 42.7 Å². The van der Waals surface area contributed by atoms with Crippen LogP contribution in [0, 0.1) is 0 Å². The highest BCUT2D eigenvalue weighted by Crippen LogP contribution is 2.29. The van der Waals surface area contributed by atoms with Crippen molar-refractivity contribution in [2.45, 2.75) is 51.4 Å². The van der Waals surface area contributed by atoms with Crippen LogP contribution in [0.4, 0.5) is 0 Å². The van der Waals surface area contributed by atoms with Gasteiger partial charge in [-0.2, -0.15) is 0 Å². The molecule has 1 aromatic heterocycles. The van der Waals surface area contributed by atoms with Crippen LogP contribution in [0.3, 0.4) is 0 Å². The van der Waals surface area contributed by atoms with E-state index in [1.165, 1.54) is 17.3 Å². The van der Waals surface area contributed by atoms with E-state index in [-0.39, 0.29) is 36.7 Å². The van der Waals surface area contributed by atoms with Gasteiger partial charge in [0.25, 0.3) is 9.04 Å². The first kappa shape index (κ1) is 27.8. The molecule has 0 aliphatic carbocycles. The Hall–Kier alpha value is -3.20. The van der Waals surface area contributed by atoms with E-state index >= 15 is 0 Å². The first-order valence-electron chi connectivity index (χ1n) is 12.7. The smallest absolute Gasteiger partial charge is 0.313 e. The van der Waals surface area contributed by atoms with Crippen LogP contribution in [0.15, 0.2) is 84.0 Å². The number of imidazole rings is 1. The number of fused-ring (bicyclic) bond motifs is 1. The molecule has 0 atom stereocenters. The summed E-state index contributed by atoms with van der Waals surface area (Å²) in [5.74, 6) is -0.562. The van der Waals surface area contributed by atoms with Crippen molar-refractivity contribution in [1.29, 1.82) is 0 Å². The highest BCUT2D eigenvalue weighted by molar-refractivity contribution is 7.99. The second-order valence-corrected chi connectivity index (χ2v) is 13.0.